The van der Waals surface area contributed by atoms with Gasteiger partial charge in [0.05, 0.1) is 13.7 Å². The van der Waals surface area contributed by atoms with Gasteiger partial charge in [-0.15, -0.1) is 0 Å². The van der Waals surface area contributed by atoms with Gasteiger partial charge in [0.15, 0.2) is 11.5 Å². The first kappa shape index (κ1) is 17.3. The summed E-state index contributed by atoms with van der Waals surface area (Å²) in [6.45, 7) is 0.146. The van der Waals surface area contributed by atoms with Crippen molar-refractivity contribution >= 4 is 6.08 Å². The molecule has 116 valence electrons. The molecule has 0 heterocycles. The molecule has 2 N–H and O–H groups in total. The molecule has 0 aliphatic rings. The molecule has 1 aromatic carbocycles. The topological polar surface area (TPSA) is 49.7 Å². The molecular weight excluding hydrogens is 264 g/mol. The minimum absolute atomic E-state index is 0.146. The molecule has 1 aromatic rings. The average Bonchev–Trinajstić information content (AvgIpc) is 2.50. The molecule has 0 atom stereocenters. The monoisotopic (exact) mass is 290 g/mol. The van der Waals surface area contributed by atoms with E-state index < -0.39 is 0 Å². The lowest BCUT2D eigenvalue weighted by Gasteiger charge is -2.03. The molecule has 0 fully saturated rings. The molecule has 3 heteroatoms. The second-order valence-electron chi connectivity index (χ2n) is 4.98. The van der Waals surface area contributed by atoms with Gasteiger partial charge in [-0.1, -0.05) is 43.2 Å². The van der Waals surface area contributed by atoms with Gasteiger partial charge in [0.25, 0.3) is 0 Å². The average molecular weight is 290 g/mol. The van der Waals surface area contributed by atoms with Crippen molar-refractivity contribution in [2.45, 2.75) is 38.5 Å². The van der Waals surface area contributed by atoms with Crippen molar-refractivity contribution < 1.29 is 14.9 Å². The summed E-state index contributed by atoms with van der Waals surface area (Å²) in [5, 5.41) is 18.1. The zero-order valence-corrected chi connectivity index (χ0v) is 12.8. The number of benzene rings is 1. The lowest BCUT2D eigenvalue weighted by molar-refractivity contribution is 0.342. The van der Waals surface area contributed by atoms with Crippen LogP contribution in [0.25, 0.3) is 6.08 Å². The first-order chi connectivity index (χ1) is 10.3. The van der Waals surface area contributed by atoms with Gasteiger partial charge < -0.3 is 14.9 Å². The predicted molar refractivity (Wildman–Crippen MR) is 87.6 cm³/mol. The van der Waals surface area contributed by atoms with Crippen LogP contribution in [0.5, 0.6) is 11.5 Å². The lowest BCUT2D eigenvalue weighted by atomic mass is 10.1. The molecule has 0 spiro atoms. The van der Waals surface area contributed by atoms with E-state index in [4.69, 9.17) is 9.84 Å². The fraction of sp³-hybridized carbons (Fsp3) is 0.444. The van der Waals surface area contributed by atoms with Crippen molar-refractivity contribution in [2.24, 2.45) is 0 Å². The van der Waals surface area contributed by atoms with E-state index in [1.165, 1.54) is 25.7 Å². The molecule has 0 bridgehead atoms. The van der Waals surface area contributed by atoms with Gasteiger partial charge in [0, 0.05) is 0 Å². The number of ether oxygens (including phenoxy) is 1. The number of phenolic OH excluding ortho intramolecular Hbond substituents is 1. The maximum atomic E-state index is 9.51. The van der Waals surface area contributed by atoms with Crippen LogP contribution in [0.3, 0.4) is 0 Å². The Balaban J connectivity index is 2.16. The van der Waals surface area contributed by atoms with Gasteiger partial charge >= 0.3 is 0 Å². The van der Waals surface area contributed by atoms with Crippen molar-refractivity contribution in [3.63, 3.8) is 0 Å². The number of aliphatic hydroxyl groups excluding tert-OH is 1. The van der Waals surface area contributed by atoms with E-state index in [2.05, 4.69) is 12.2 Å². The summed E-state index contributed by atoms with van der Waals surface area (Å²) in [5.41, 5.74) is 1.04. The number of aromatic hydroxyl groups is 1. The summed E-state index contributed by atoms with van der Waals surface area (Å²) < 4.78 is 5.08. The van der Waals surface area contributed by atoms with Gasteiger partial charge in [-0.3, -0.25) is 0 Å². The Kier molecular flexibility index (Phi) is 9.05. The summed E-state index contributed by atoms with van der Waals surface area (Å²) in [6, 6.07) is 5.36. The molecule has 3 nitrogen and oxygen atoms in total. The second-order valence-corrected chi connectivity index (χ2v) is 4.98. The first-order valence-electron chi connectivity index (χ1n) is 7.57. The molecule has 1 rings (SSSR count). The van der Waals surface area contributed by atoms with Crippen LogP contribution in [0, 0.1) is 0 Å². The van der Waals surface area contributed by atoms with Crippen LogP contribution in [-0.2, 0) is 0 Å². The molecule has 0 saturated heterocycles. The van der Waals surface area contributed by atoms with E-state index in [0.717, 1.165) is 18.4 Å². The highest BCUT2D eigenvalue weighted by Gasteiger charge is 1.99. The zero-order valence-electron chi connectivity index (χ0n) is 12.8. The molecule has 0 radical (unpaired) electrons. The second kappa shape index (κ2) is 11.0. The summed E-state index contributed by atoms with van der Waals surface area (Å²) in [5.74, 6) is 0.679. The van der Waals surface area contributed by atoms with Crippen molar-refractivity contribution in [1.29, 1.82) is 0 Å². The third-order valence-corrected chi connectivity index (χ3v) is 3.28. The number of methoxy groups -OCH3 is 1. The Morgan fingerprint density at radius 2 is 1.71 bits per heavy atom. The molecule has 0 aromatic heterocycles. The van der Waals surface area contributed by atoms with Crippen LogP contribution in [-0.4, -0.2) is 23.9 Å². The van der Waals surface area contributed by atoms with Gasteiger partial charge in [-0.05, 0) is 43.4 Å². The Hall–Kier alpha value is -1.74. The van der Waals surface area contributed by atoms with E-state index in [0.29, 0.717) is 5.75 Å². The van der Waals surface area contributed by atoms with Gasteiger partial charge in [-0.25, -0.2) is 0 Å². The Labute approximate surface area is 127 Å². The summed E-state index contributed by atoms with van der Waals surface area (Å²) in [6.07, 6.45) is 15.0. The highest BCUT2D eigenvalue weighted by Crippen LogP contribution is 2.26. The minimum atomic E-state index is 0.146. The van der Waals surface area contributed by atoms with Crippen molar-refractivity contribution in [3.8, 4) is 11.5 Å². The summed E-state index contributed by atoms with van der Waals surface area (Å²) in [7, 11) is 1.55. The van der Waals surface area contributed by atoms with Crippen LogP contribution in [0.15, 0.2) is 36.4 Å². The standard InChI is InChI=1S/C18H26O3/c1-21-18-15-16(12-13-17(18)20)11-9-7-5-3-2-4-6-8-10-14-19/h8-13,15,19-20H,2-7,14H2,1H3. The van der Waals surface area contributed by atoms with Gasteiger partial charge in [0.2, 0.25) is 0 Å². The number of unbranched alkanes of at least 4 members (excludes halogenated alkanes) is 5. The van der Waals surface area contributed by atoms with E-state index >= 15 is 0 Å². The minimum Gasteiger partial charge on any atom is -0.504 e. The summed E-state index contributed by atoms with van der Waals surface area (Å²) >= 11 is 0. The smallest absolute Gasteiger partial charge is 0.161 e. The van der Waals surface area contributed by atoms with Crippen LogP contribution >= 0.6 is 0 Å². The van der Waals surface area contributed by atoms with Crippen LogP contribution < -0.4 is 4.74 Å². The number of aliphatic hydroxyl groups is 1. The van der Waals surface area contributed by atoms with Gasteiger partial charge in [0.1, 0.15) is 0 Å². The van der Waals surface area contributed by atoms with Crippen molar-refractivity contribution in [3.05, 3.63) is 42.0 Å². The number of hydrogen-bond donors (Lipinski definition) is 2. The number of hydrogen-bond acceptors (Lipinski definition) is 3. The third kappa shape index (κ3) is 7.57. The zero-order chi connectivity index (χ0) is 15.3. The SMILES string of the molecule is COc1cc(C=CCCCCCCC=CCO)ccc1O. The Bertz CT molecular complexity index is 450. The van der Waals surface area contributed by atoms with Crippen LogP contribution in [0.1, 0.15) is 44.1 Å². The number of allylic oxidation sites excluding steroid dienone is 2. The normalized spacial score (nSPS) is 11.5. The molecule has 0 unspecified atom stereocenters. The summed E-state index contributed by atoms with van der Waals surface area (Å²) in [4.78, 5) is 0. The largest absolute Gasteiger partial charge is 0.504 e. The van der Waals surface area contributed by atoms with E-state index in [1.807, 2.05) is 18.2 Å². The Morgan fingerprint density at radius 3 is 2.38 bits per heavy atom. The highest BCUT2D eigenvalue weighted by molar-refractivity contribution is 5.55. The maximum absolute atomic E-state index is 9.51. The third-order valence-electron chi connectivity index (χ3n) is 3.28. The maximum Gasteiger partial charge on any atom is 0.161 e. The molecule has 0 amide bonds. The molecule has 21 heavy (non-hydrogen) atoms. The fourth-order valence-corrected chi connectivity index (χ4v) is 2.09. The molecule has 0 aliphatic carbocycles. The quantitative estimate of drug-likeness (QED) is 0.499. The van der Waals surface area contributed by atoms with E-state index in [-0.39, 0.29) is 12.4 Å². The van der Waals surface area contributed by atoms with Crippen LogP contribution in [0.4, 0.5) is 0 Å². The molecule has 0 aliphatic heterocycles. The number of phenols is 1. The van der Waals surface area contributed by atoms with Crippen LogP contribution in [0.2, 0.25) is 0 Å². The molecular formula is C18H26O3. The van der Waals surface area contributed by atoms with E-state index in [9.17, 15) is 5.11 Å². The predicted octanol–water partition coefficient (Wildman–Crippen LogP) is 4.30. The number of rotatable bonds is 10. The van der Waals surface area contributed by atoms with E-state index in [1.54, 1.807) is 19.3 Å². The Morgan fingerprint density at radius 1 is 1.00 bits per heavy atom. The highest BCUT2D eigenvalue weighted by atomic mass is 16.5. The fourth-order valence-electron chi connectivity index (χ4n) is 2.09. The first-order valence-corrected chi connectivity index (χ1v) is 7.57. The van der Waals surface area contributed by atoms with Crippen molar-refractivity contribution in [2.75, 3.05) is 13.7 Å². The lowest BCUT2D eigenvalue weighted by Crippen LogP contribution is -1.84. The van der Waals surface area contributed by atoms with Crippen molar-refractivity contribution in [1.82, 2.24) is 0 Å². The molecule has 0 saturated carbocycles. The van der Waals surface area contributed by atoms with Gasteiger partial charge in [-0.2, -0.15) is 0 Å².